The van der Waals surface area contributed by atoms with Gasteiger partial charge in [0.15, 0.2) is 0 Å². The predicted molar refractivity (Wildman–Crippen MR) is 84.2 cm³/mol. The van der Waals surface area contributed by atoms with E-state index in [1.165, 1.54) is 11.3 Å². The number of aromatic nitrogens is 1. The molecule has 3 rings (SSSR count). The smallest absolute Gasteiger partial charge is 0.234 e. The number of hydrogen-bond donors (Lipinski definition) is 1. The van der Waals surface area contributed by atoms with Crippen molar-refractivity contribution >= 4 is 39.1 Å². The Morgan fingerprint density at radius 3 is 2.86 bits per heavy atom. The molecule has 2 unspecified atom stereocenters. The highest BCUT2D eigenvalue weighted by atomic mass is 79.9. The summed E-state index contributed by atoms with van der Waals surface area (Å²) in [5, 5.41) is 5.32. The first kappa shape index (κ1) is 14.4. The molecule has 6 heteroatoms. The van der Waals surface area contributed by atoms with Crippen LogP contribution in [0.15, 0.2) is 34.1 Å². The Kier molecular flexibility index (Phi) is 3.91. The van der Waals surface area contributed by atoms with E-state index >= 15 is 0 Å². The number of carbonyl (C=O) groups excluding carboxylic acids is 2. The molecule has 108 valence electrons. The van der Waals surface area contributed by atoms with Crippen molar-refractivity contribution in [3.05, 3.63) is 50.4 Å². The van der Waals surface area contributed by atoms with E-state index < -0.39 is 0 Å². The number of aryl methyl sites for hydroxylation is 1. The molecule has 1 saturated heterocycles. The van der Waals surface area contributed by atoms with E-state index in [4.69, 9.17) is 0 Å². The maximum Gasteiger partial charge on any atom is 0.234 e. The average molecular weight is 365 g/mol. The highest BCUT2D eigenvalue weighted by Crippen LogP contribution is 2.39. The molecule has 0 saturated carbocycles. The summed E-state index contributed by atoms with van der Waals surface area (Å²) < 4.78 is 0.915. The first-order valence-corrected chi connectivity index (χ1v) is 8.23. The Bertz CT molecular complexity index is 713. The molecule has 0 radical (unpaired) electrons. The lowest BCUT2D eigenvalue weighted by atomic mass is 9.79. The summed E-state index contributed by atoms with van der Waals surface area (Å²) in [6.07, 6.45) is 0.284. The third kappa shape index (κ3) is 2.91. The van der Waals surface area contributed by atoms with Crippen LogP contribution in [0.1, 0.15) is 34.5 Å². The lowest BCUT2D eigenvalue weighted by Gasteiger charge is -2.29. The molecule has 1 N–H and O–H groups in total. The zero-order chi connectivity index (χ0) is 15.0. The van der Waals surface area contributed by atoms with Crippen molar-refractivity contribution < 1.29 is 9.59 Å². The molecule has 2 amide bonds. The van der Waals surface area contributed by atoms with Crippen LogP contribution in [-0.4, -0.2) is 16.8 Å². The Hall–Kier alpha value is -1.53. The van der Waals surface area contributed by atoms with Gasteiger partial charge in [-0.25, -0.2) is 4.98 Å². The van der Waals surface area contributed by atoms with Crippen molar-refractivity contribution in [2.45, 2.75) is 25.2 Å². The normalized spacial score (nSPS) is 22.2. The molecule has 1 aromatic carbocycles. The number of halogens is 1. The highest BCUT2D eigenvalue weighted by Gasteiger charge is 2.39. The number of piperidine rings is 1. The van der Waals surface area contributed by atoms with Crippen LogP contribution in [0.3, 0.4) is 0 Å². The van der Waals surface area contributed by atoms with Gasteiger partial charge in [-0.3, -0.25) is 14.9 Å². The van der Waals surface area contributed by atoms with Gasteiger partial charge in [0.25, 0.3) is 0 Å². The number of nitrogens with zero attached hydrogens (tertiary/aromatic N) is 1. The van der Waals surface area contributed by atoms with Crippen LogP contribution in [0.5, 0.6) is 0 Å². The molecular formula is C15H13BrN2O2S. The summed E-state index contributed by atoms with van der Waals surface area (Å²) in [4.78, 5) is 28.6. The summed E-state index contributed by atoms with van der Waals surface area (Å²) in [6.45, 7) is 1.92. The Balaban J connectivity index is 2.04. The fourth-order valence-corrected chi connectivity index (χ4v) is 3.77. The van der Waals surface area contributed by atoms with Gasteiger partial charge >= 0.3 is 0 Å². The Morgan fingerprint density at radius 2 is 2.19 bits per heavy atom. The van der Waals surface area contributed by atoms with Crippen LogP contribution >= 0.6 is 27.3 Å². The average Bonchev–Trinajstić information content (AvgIpc) is 2.84. The molecule has 0 aliphatic carbocycles. The largest absolute Gasteiger partial charge is 0.296 e. The first-order chi connectivity index (χ1) is 10.0. The van der Waals surface area contributed by atoms with Crippen LogP contribution in [0, 0.1) is 6.92 Å². The van der Waals surface area contributed by atoms with Crippen molar-refractivity contribution in [2.24, 2.45) is 0 Å². The van der Waals surface area contributed by atoms with Crippen LogP contribution in [-0.2, 0) is 9.59 Å². The number of hydrogen-bond acceptors (Lipinski definition) is 4. The second-order valence-corrected chi connectivity index (χ2v) is 7.03. The number of benzene rings is 1. The van der Waals surface area contributed by atoms with Crippen LogP contribution < -0.4 is 5.32 Å². The number of imide groups is 1. The second-order valence-electron chi connectivity index (χ2n) is 5.05. The van der Waals surface area contributed by atoms with Crippen molar-refractivity contribution in [3.63, 3.8) is 0 Å². The molecule has 21 heavy (non-hydrogen) atoms. The van der Waals surface area contributed by atoms with Gasteiger partial charge in [0.1, 0.15) is 0 Å². The van der Waals surface area contributed by atoms with Gasteiger partial charge in [0.2, 0.25) is 11.8 Å². The van der Waals surface area contributed by atoms with E-state index in [0.29, 0.717) is 0 Å². The fraction of sp³-hybridized carbons (Fsp3) is 0.267. The van der Waals surface area contributed by atoms with Crippen molar-refractivity contribution in [1.82, 2.24) is 10.3 Å². The minimum Gasteiger partial charge on any atom is -0.296 e. The molecule has 1 aliphatic heterocycles. The van der Waals surface area contributed by atoms with Crippen LogP contribution in [0.2, 0.25) is 0 Å². The number of rotatable bonds is 2. The molecule has 1 aliphatic rings. The summed E-state index contributed by atoms with van der Waals surface area (Å²) in [6, 6.07) is 7.65. The monoisotopic (exact) mass is 364 g/mol. The topological polar surface area (TPSA) is 59.1 Å². The van der Waals surface area contributed by atoms with E-state index in [-0.39, 0.29) is 30.1 Å². The number of thiazole rings is 1. The van der Waals surface area contributed by atoms with Gasteiger partial charge < -0.3 is 0 Å². The predicted octanol–water partition coefficient (Wildman–Crippen LogP) is 3.13. The SMILES string of the molecule is Cc1nc(C2CC(=O)NC(=O)C2c2cccc(Br)c2)cs1. The van der Waals surface area contributed by atoms with E-state index in [0.717, 1.165) is 20.7 Å². The van der Waals surface area contributed by atoms with Gasteiger partial charge in [0.05, 0.1) is 16.6 Å². The van der Waals surface area contributed by atoms with Gasteiger partial charge in [-0.15, -0.1) is 11.3 Å². The van der Waals surface area contributed by atoms with E-state index in [2.05, 4.69) is 26.2 Å². The van der Waals surface area contributed by atoms with E-state index in [9.17, 15) is 9.59 Å². The Labute approximate surface area is 134 Å². The number of carbonyl (C=O) groups is 2. The second kappa shape index (κ2) is 5.69. The fourth-order valence-electron chi connectivity index (χ4n) is 2.68. The summed E-state index contributed by atoms with van der Waals surface area (Å²) in [5.41, 5.74) is 1.72. The van der Waals surface area contributed by atoms with Gasteiger partial charge in [-0.05, 0) is 24.6 Å². The molecule has 1 fully saturated rings. The highest BCUT2D eigenvalue weighted by molar-refractivity contribution is 9.10. The quantitative estimate of drug-likeness (QED) is 0.832. The maximum atomic E-state index is 12.3. The summed E-state index contributed by atoms with van der Waals surface area (Å²) in [7, 11) is 0. The number of nitrogens with one attached hydrogen (secondary N) is 1. The van der Waals surface area contributed by atoms with Crippen LogP contribution in [0.4, 0.5) is 0 Å². The van der Waals surface area contributed by atoms with E-state index in [1.54, 1.807) is 0 Å². The summed E-state index contributed by atoms with van der Waals surface area (Å²) >= 11 is 4.97. The molecule has 0 spiro atoms. The lowest BCUT2D eigenvalue weighted by Crippen LogP contribution is -2.43. The summed E-state index contributed by atoms with van der Waals surface area (Å²) in [5.74, 6) is -1.07. The Morgan fingerprint density at radius 1 is 1.38 bits per heavy atom. The molecule has 1 aromatic heterocycles. The van der Waals surface area contributed by atoms with Crippen molar-refractivity contribution in [1.29, 1.82) is 0 Å². The van der Waals surface area contributed by atoms with Crippen LogP contribution in [0.25, 0.3) is 0 Å². The zero-order valence-electron chi connectivity index (χ0n) is 11.3. The zero-order valence-corrected chi connectivity index (χ0v) is 13.7. The molecule has 2 atom stereocenters. The third-order valence-corrected chi connectivity index (χ3v) is 4.86. The van der Waals surface area contributed by atoms with Crippen molar-refractivity contribution in [3.8, 4) is 0 Å². The molecule has 0 bridgehead atoms. The molecule has 4 nitrogen and oxygen atoms in total. The van der Waals surface area contributed by atoms with Crippen molar-refractivity contribution in [2.75, 3.05) is 0 Å². The molecular weight excluding hydrogens is 352 g/mol. The first-order valence-electron chi connectivity index (χ1n) is 6.56. The van der Waals surface area contributed by atoms with Gasteiger partial charge in [-0.2, -0.15) is 0 Å². The minimum absolute atomic E-state index is 0.203. The molecule has 2 heterocycles. The van der Waals surface area contributed by atoms with Gasteiger partial charge in [-0.1, -0.05) is 28.1 Å². The van der Waals surface area contributed by atoms with Gasteiger partial charge in [0, 0.05) is 22.2 Å². The lowest BCUT2D eigenvalue weighted by molar-refractivity contribution is -0.135. The third-order valence-electron chi connectivity index (χ3n) is 3.58. The minimum atomic E-state index is -0.387. The maximum absolute atomic E-state index is 12.3. The number of amides is 2. The standard InChI is InChI=1S/C15H13BrN2O2S/c1-8-17-12(7-21-8)11-6-13(19)18-15(20)14(11)9-3-2-4-10(16)5-9/h2-5,7,11,14H,6H2,1H3,(H,18,19,20). The molecule has 2 aromatic rings. The van der Waals surface area contributed by atoms with E-state index in [1.807, 2.05) is 36.6 Å².